The van der Waals surface area contributed by atoms with Gasteiger partial charge in [0.1, 0.15) is 0 Å². The van der Waals surface area contributed by atoms with Crippen LogP contribution in [0.4, 0.5) is 0 Å². The van der Waals surface area contributed by atoms with Gasteiger partial charge in [-0.05, 0) is 33.6 Å². The van der Waals surface area contributed by atoms with Crippen LogP contribution in [0.25, 0.3) is 0 Å². The molecule has 5 nitrogen and oxygen atoms in total. The van der Waals surface area contributed by atoms with Crippen LogP contribution < -0.4 is 5.73 Å². The minimum absolute atomic E-state index is 0.171. The molecule has 0 amide bonds. The van der Waals surface area contributed by atoms with Gasteiger partial charge in [-0.1, -0.05) is 0 Å². The Hall–Kier alpha value is -0.980. The fourth-order valence-electron chi connectivity index (χ4n) is 2.05. The largest absolute Gasteiger partial charge is 0.367 e. The van der Waals surface area contributed by atoms with Gasteiger partial charge in [0, 0.05) is 36.6 Å². The number of rotatable bonds is 3. The van der Waals surface area contributed by atoms with Crippen molar-refractivity contribution in [3.63, 3.8) is 0 Å². The molecule has 2 heterocycles. The molecule has 0 spiro atoms. The highest BCUT2D eigenvalue weighted by molar-refractivity contribution is 7.11. The molecule has 0 bridgehead atoms. The van der Waals surface area contributed by atoms with E-state index in [4.69, 9.17) is 10.6 Å². The van der Waals surface area contributed by atoms with E-state index in [-0.39, 0.29) is 5.97 Å². The first-order chi connectivity index (χ1) is 9.40. The Balaban J connectivity index is 1.85. The molecular weight excluding hydrogens is 274 g/mol. The summed E-state index contributed by atoms with van der Waals surface area (Å²) in [4.78, 5) is 22.8. The Kier molecular flexibility index (Phi) is 4.78. The number of hydrogen-bond donors (Lipinski definition) is 1. The molecule has 1 aliphatic heterocycles. The van der Waals surface area contributed by atoms with Crippen LogP contribution in [0.3, 0.4) is 0 Å². The number of carbonyl (C=O) groups excluding carboxylic acids is 1. The second-order valence-electron chi connectivity index (χ2n) is 6.20. The van der Waals surface area contributed by atoms with Crippen molar-refractivity contribution in [2.45, 2.75) is 46.1 Å². The molecule has 2 rings (SSSR count). The lowest BCUT2D eigenvalue weighted by atomic mass is 9.97. The molecule has 1 saturated heterocycles. The zero-order chi connectivity index (χ0) is 14.8. The summed E-state index contributed by atoms with van der Waals surface area (Å²) in [5, 5.41) is 2.94. The van der Waals surface area contributed by atoms with Crippen molar-refractivity contribution in [2.24, 2.45) is 11.1 Å². The smallest absolute Gasteiger partial charge is 0.330 e. The van der Waals surface area contributed by atoms with Gasteiger partial charge in [-0.2, -0.15) is 0 Å². The monoisotopic (exact) mass is 297 g/mol. The Morgan fingerprint density at radius 1 is 1.50 bits per heavy atom. The summed E-state index contributed by atoms with van der Waals surface area (Å²) in [6, 6.07) is 0. The van der Waals surface area contributed by atoms with E-state index in [0.717, 1.165) is 35.8 Å². The Morgan fingerprint density at radius 2 is 2.15 bits per heavy atom. The number of nitrogens with two attached hydrogens (primary N) is 1. The fraction of sp³-hybridized carbons (Fsp3) is 0.714. The van der Waals surface area contributed by atoms with Crippen molar-refractivity contribution in [3.05, 3.63) is 16.1 Å². The lowest BCUT2D eigenvalue weighted by Gasteiger charge is -2.31. The SMILES string of the molecule is CC(C)(C)C(=O)ON1CCC(c2ncc(CN)s2)CC1. The molecule has 6 heteroatoms. The van der Waals surface area contributed by atoms with Crippen LogP contribution in [0.1, 0.15) is 49.4 Å². The summed E-state index contributed by atoms with van der Waals surface area (Å²) in [6.45, 7) is 7.69. The van der Waals surface area contributed by atoms with Gasteiger partial charge in [-0.15, -0.1) is 16.4 Å². The van der Waals surface area contributed by atoms with Crippen molar-refractivity contribution in [3.8, 4) is 0 Å². The molecule has 0 aromatic carbocycles. The molecular formula is C14H23N3O2S. The quantitative estimate of drug-likeness (QED) is 0.927. The first-order valence-corrected chi connectivity index (χ1v) is 7.84. The Labute approximate surface area is 124 Å². The van der Waals surface area contributed by atoms with Gasteiger partial charge in [-0.3, -0.25) is 0 Å². The van der Waals surface area contributed by atoms with E-state index < -0.39 is 5.41 Å². The van der Waals surface area contributed by atoms with Crippen LogP contribution in [-0.4, -0.2) is 29.1 Å². The first kappa shape index (κ1) is 15.4. The second-order valence-corrected chi connectivity index (χ2v) is 7.35. The maximum absolute atomic E-state index is 11.8. The minimum Gasteiger partial charge on any atom is -0.367 e. The molecule has 1 aromatic heterocycles. The molecule has 20 heavy (non-hydrogen) atoms. The van der Waals surface area contributed by atoms with E-state index in [9.17, 15) is 4.79 Å². The number of hydroxylamine groups is 2. The fourth-order valence-corrected chi connectivity index (χ4v) is 3.02. The van der Waals surface area contributed by atoms with Gasteiger partial charge in [0.2, 0.25) is 0 Å². The molecule has 0 saturated carbocycles. The summed E-state index contributed by atoms with van der Waals surface area (Å²) < 4.78 is 0. The molecule has 2 N–H and O–H groups in total. The normalized spacial score (nSPS) is 18.2. The van der Waals surface area contributed by atoms with E-state index in [1.54, 1.807) is 16.4 Å². The van der Waals surface area contributed by atoms with Gasteiger partial charge in [0.25, 0.3) is 0 Å². The zero-order valence-electron chi connectivity index (χ0n) is 12.4. The number of thiazole rings is 1. The highest BCUT2D eigenvalue weighted by Crippen LogP contribution is 2.31. The van der Waals surface area contributed by atoms with E-state index >= 15 is 0 Å². The molecule has 1 aromatic rings. The van der Waals surface area contributed by atoms with Gasteiger partial charge in [-0.25, -0.2) is 9.78 Å². The lowest BCUT2D eigenvalue weighted by molar-refractivity contribution is -0.204. The number of nitrogens with zero attached hydrogens (tertiary/aromatic N) is 2. The molecule has 0 aliphatic carbocycles. The average molecular weight is 297 g/mol. The molecule has 112 valence electrons. The maximum atomic E-state index is 11.8. The summed E-state index contributed by atoms with van der Waals surface area (Å²) in [5.41, 5.74) is 5.16. The lowest BCUT2D eigenvalue weighted by Crippen LogP contribution is -2.38. The highest BCUT2D eigenvalue weighted by Gasteiger charge is 2.29. The van der Waals surface area contributed by atoms with Crippen molar-refractivity contribution in [1.29, 1.82) is 0 Å². The van der Waals surface area contributed by atoms with Crippen LogP contribution >= 0.6 is 11.3 Å². The van der Waals surface area contributed by atoms with Gasteiger partial charge in [0.05, 0.1) is 10.4 Å². The standard InChI is InChI=1S/C14H23N3O2S/c1-14(2,3)13(18)19-17-6-4-10(5-7-17)12-16-9-11(8-15)20-12/h9-10H,4-8,15H2,1-3H3. The van der Waals surface area contributed by atoms with Gasteiger partial charge >= 0.3 is 5.97 Å². The minimum atomic E-state index is -0.456. The predicted octanol–water partition coefficient (Wildman–Crippen LogP) is 2.29. The van der Waals surface area contributed by atoms with E-state index in [0.29, 0.717) is 12.5 Å². The molecule has 0 radical (unpaired) electrons. The van der Waals surface area contributed by atoms with Crippen molar-refractivity contribution < 1.29 is 9.63 Å². The summed E-state index contributed by atoms with van der Waals surface area (Å²) in [7, 11) is 0. The number of piperidine rings is 1. The van der Waals surface area contributed by atoms with Crippen molar-refractivity contribution in [1.82, 2.24) is 10.0 Å². The molecule has 1 fully saturated rings. The van der Waals surface area contributed by atoms with Crippen LogP contribution in [0.5, 0.6) is 0 Å². The molecule has 0 atom stereocenters. The molecule has 0 unspecified atom stereocenters. The van der Waals surface area contributed by atoms with Gasteiger partial charge in [0.15, 0.2) is 0 Å². The second kappa shape index (κ2) is 6.20. The van der Waals surface area contributed by atoms with E-state index in [1.165, 1.54) is 0 Å². The summed E-state index contributed by atoms with van der Waals surface area (Å²) in [5.74, 6) is 0.292. The van der Waals surface area contributed by atoms with E-state index in [2.05, 4.69) is 4.98 Å². The average Bonchev–Trinajstić information content (AvgIpc) is 2.87. The van der Waals surface area contributed by atoms with Crippen molar-refractivity contribution in [2.75, 3.05) is 13.1 Å². The van der Waals surface area contributed by atoms with Crippen LogP contribution in [0.15, 0.2) is 6.20 Å². The topological polar surface area (TPSA) is 68.5 Å². The number of carbonyl (C=O) groups is 1. The highest BCUT2D eigenvalue weighted by atomic mass is 32.1. The Bertz CT molecular complexity index is 459. The third kappa shape index (κ3) is 3.77. The van der Waals surface area contributed by atoms with Crippen molar-refractivity contribution >= 4 is 17.3 Å². The van der Waals surface area contributed by atoms with Crippen LogP contribution in [0.2, 0.25) is 0 Å². The third-order valence-electron chi connectivity index (χ3n) is 3.40. The maximum Gasteiger partial charge on any atom is 0.330 e. The molecule has 1 aliphatic rings. The zero-order valence-corrected chi connectivity index (χ0v) is 13.2. The van der Waals surface area contributed by atoms with Gasteiger partial charge < -0.3 is 10.6 Å². The first-order valence-electron chi connectivity index (χ1n) is 7.02. The van der Waals surface area contributed by atoms with E-state index in [1.807, 2.05) is 27.0 Å². The summed E-state index contributed by atoms with van der Waals surface area (Å²) >= 11 is 1.70. The van der Waals surface area contributed by atoms with Crippen LogP contribution in [-0.2, 0) is 16.2 Å². The summed E-state index contributed by atoms with van der Waals surface area (Å²) in [6.07, 6.45) is 3.80. The predicted molar refractivity (Wildman–Crippen MR) is 79.1 cm³/mol. The van der Waals surface area contributed by atoms with Crippen LogP contribution in [0, 0.1) is 5.41 Å². The number of hydrogen-bond acceptors (Lipinski definition) is 6. The number of aromatic nitrogens is 1. The third-order valence-corrected chi connectivity index (χ3v) is 4.58. The Morgan fingerprint density at radius 3 is 2.65 bits per heavy atom.